The van der Waals surface area contributed by atoms with Gasteiger partial charge in [-0.25, -0.2) is 0 Å². The van der Waals surface area contributed by atoms with Crippen molar-refractivity contribution in [2.75, 3.05) is 0 Å². The van der Waals surface area contributed by atoms with Gasteiger partial charge >= 0.3 is 0 Å². The molecule has 17 heavy (non-hydrogen) atoms. The topological polar surface area (TPSA) is 13.1 Å². The first kappa shape index (κ1) is 12.7. The lowest BCUT2D eigenvalue weighted by molar-refractivity contribution is 0.511. The fraction of sp³-hybridized carbons (Fsp3) is 0.467. The minimum Gasteiger partial charge on any atom is -0.461 e. The third-order valence-corrected chi connectivity index (χ3v) is 4.63. The van der Waals surface area contributed by atoms with Crippen LogP contribution in [-0.2, 0) is 6.42 Å². The lowest BCUT2D eigenvalue weighted by Crippen LogP contribution is -2.07. The molecule has 1 unspecified atom stereocenters. The molecule has 0 spiro atoms. The van der Waals surface area contributed by atoms with Gasteiger partial charge in [-0.05, 0) is 37.5 Å². The van der Waals surface area contributed by atoms with Crippen LogP contribution in [-0.4, -0.2) is 4.83 Å². The van der Waals surface area contributed by atoms with E-state index >= 15 is 0 Å². The van der Waals surface area contributed by atoms with E-state index in [0.29, 0.717) is 10.7 Å². The molecule has 0 fully saturated rings. The van der Waals surface area contributed by atoms with E-state index in [2.05, 4.69) is 61.0 Å². The molecule has 2 rings (SSSR count). The van der Waals surface area contributed by atoms with Gasteiger partial charge in [0.25, 0.3) is 0 Å². The van der Waals surface area contributed by atoms with Crippen molar-refractivity contribution in [1.29, 1.82) is 0 Å². The predicted molar refractivity (Wildman–Crippen MR) is 76.8 cm³/mol. The van der Waals surface area contributed by atoms with Crippen LogP contribution in [0.25, 0.3) is 11.0 Å². The minimum absolute atomic E-state index is 0.567. The Balaban J connectivity index is 2.09. The van der Waals surface area contributed by atoms with Gasteiger partial charge in [0.1, 0.15) is 11.3 Å². The van der Waals surface area contributed by atoms with Gasteiger partial charge in [-0.1, -0.05) is 41.4 Å². The van der Waals surface area contributed by atoms with Crippen molar-refractivity contribution < 1.29 is 4.42 Å². The molecule has 0 aliphatic rings. The summed E-state index contributed by atoms with van der Waals surface area (Å²) in [4.78, 5) is 0.567. The molecule has 2 heteroatoms. The van der Waals surface area contributed by atoms with Gasteiger partial charge in [-0.15, -0.1) is 0 Å². The first-order valence-electron chi connectivity index (χ1n) is 6.19. The van der Waals surface area contributed by atoms with Crippen LogP contribution in [0.4, 0.5) is 0 Å². The molecular formula is C15H19BrO. The van der Waals surface area contributed by atoms with Crippen molar-refractivity contribution in [3.05, 3.63) is 35.6 Å². The first-order chi connectivity index (χ1) is 8.06. The van der Waals surface area contributed by atoms with Crippen molar-refractivity contribution in [2.24, 2.45) is 5.92 Å². The van der Waals surface area contributed by atoms with Gasteiger partial charge in [0.2, 0.25) is 0 Å². The van der Waals surface area contributed by atoms with E-state index in [1.807, 2.05) is 0 Å². The Kier molecular flexibility index (Phi) is 3.93. The molecule has 1 aromatic heterocycles. The number of benzene rings is 1. The number of fused-ring (bicyclic) bond motifs is 1. The number of halogens is 1. The molecule has 92 valence electrons. The lowest BCUT2D eigenvalue weighted by atomic mass is 10.1. The third kappa shape index (κ3) is 3.12. The number of alkyl halides is 1. The molecule has 0 aliphatic carbocycles. The van der Waals surface area contributed by atoms with Crippen LogP contribution in [0.5, 0.6) is 0 Å². The van der Waals surface area contributed by atoms with E-state index in [1.165, 1.54) is 10.9 Å². The summed E-state index contributed by atoms with van der Waals surface area (Å²) in [5, 5.41) is 1.22. The van der Waals surface area contributed by atoms with Crippen molar-refractivity contribution in [3.63, 3.8) is 0 Å². The zero-order valence-electron chi connectivity index (χ0n) is 10.7. The summed E-state index contributed by atoms with van der Waals surface area (Å²) >= 11 is 3.71. The highest BCUT2D eigenvalue weighted by Crippen LogP contribution is 2.24. The average molecular weight is 295 g/mol. The van der Waals surface area contributed by atoms with E-state index in [4.69, 9.17) is 4.42 Å². The van der Waals surface area contributed by atoms with Crippen LogP contribution in [0.1, 0.15) is 31.6 Å². The molecule has 0 bridgehead atoms. The normalized spacial score (nSPS) is 13.5. The Morgan fingerprint density at radius 2 is 2.00 bits per heavy atom. The van der Waals surface area contributed by atoms with Crippen molar-refractivity contribution in [3.8, 4) is 0 Å². The lowest BCUT2D eigenvalue weighted by Gasteiger charge is -2.11. The number of hydrogen-bond donors (Lipinski definition) is 0. The quantitative estimate of drug-likeness (QED) is 0.716. The summed E-state index contributed by atoms with van der Waals surface area (Å²) < 4.78 is 5.83. The fourth-order valence-corrected chi connectivity index (χ4v) is 2.18. The largest absolute Gasteiger partial charge is 0.461 e. The molecule has 1 aromatic carbocycles. The Morgan fingerprint density at radius 1 is 1.24 bits per heavy atom. The molecule has 1 heterocycles. The summed E-state index contributed by atoms with van der Waals surface area (Å²) in [5.41, 5.74) is 2.28. The SMILES string of the molecule is Cc1ccc2oc(CCC(Br)C(C)C)cc2c1. The van der Waals surface area contributed by atoms with E-state index < -0.39 is 0 Å². The number of aryl methyl sites for hydroxylation is 2. The second-order valence-electron chi connectivity index (χ2n) is 5.05. The van der Waals surface area contributed by atoms with E-state index in [-0.39, 0.29) is 0 Å². The smallest absolute Gasteiger partial charge is 0.134 e. The highest BCUT2D eigenvalue weighted by molar-refractivity contribution is 9.09. The molecule has 1 nitrogen and oxygen atoms in total. The Hall–Kier alpha value is -0.760. The van der Waals surface area contributed by atoms with Gasteiger partial charge in [-0.3, -0.25) is 0 Å². The van der Waals surface area contributed by atoms with Gasteiger partial charge in [0.05, 0.1) is 0 Å². The summed E-state index contributed by atoms with van der Waals surface area (Å²) in [6.07, 6.45) is 2.12. The Labute approximate surface area is 111 Å². The Bertz CT molecular complexity index is 499. The van der Waals surface area contributed by atoms with Crippen LogP contribution in [0, 0.1) is 12.8 Å². The van der Waals surface area contributed by atoms with Gasteiger partial charge in [-0.2, -0.15) is 0 Å². The van der Waals surface area contributed by atoms with Gasteiger partial charge in [0, 0.05) is 16.6 Å². The number of hydrogen-bond acceptors (Lipinski definition) is 1. The van der Waals surface area contributed by atoms with Crippen LogP contribution in [0.3, 0.4) is 0 Å². The third-order valence-electron chi connectivity index (χ3n) is 3.11. The number of furan rings is 1. The summed E-state index contributed by atoms with van der Waals surface area (Å²) in [5.74, 6) is 1.76. The molecule has 1 atom stereocenters. The fourth-order valence-electron chi connectivity index (χ4n) is 1.95. The first-order valence-corrected chi connectivity index (χ1v) is 7.11. The van der Waals surface area contributed by atoms with E-state index in [9.17, 15) is 0 Å². The maximum Gasteiger partial charge on any atom is 0.134 e. The average Bonchev–Trinajstić information content (AvgIpc) is 2.67. The molecule has 0 amide bonds. The molecule has 0 saturated heterocycles. The molecule has 0 aliphatic heterocycles. The minimum atomic E-state index is 0.567. The second-order valence-corrected chi connectivity index (χ2v) is 6.23. The van der Waals surface area contributed by atoms with Crippen LogP contribution in [0.15, 0.2) is 28.7 Å². The molecule has 0 saturated carbocycles. The molecule has 2 aromatic rings. The van der Waals surface area contributed by atoms with E-state index in [1.54, 1.807) is 0 Å². The van der Waals surface area contributed by atoms with Crippen molar-refractivity contribution in [2.45, 2.75) is 38.4 Å². The van der Waals surface area contributed by atoms with Crippen LogP contribution < -0.4 is 0 Å². The predicted octanol–water partition coefficient (Wildman–Crippen LogP) is 5.09. The molecular weight excluding hydrogens is 276 g/mol. The molecule has 0 radical (unpaired) electrons. The maximum atomic E-state index is 5.83. The van der Waals surface area contributed by atoms with E-state index in [0.717, 1.165) is 24.2 Å². The van der Waals surface area contributed by atoms with Crippen molar-refractivity contribution >= 4 is 26.9 Å². The van der Waals surface area contributed by atoms with Gasteiger partial charge < -0.3 is 4.42 Å². The monoisotopic (exact) mass is 294 g/mol. The van der Waals surface area contributed by atoms with Crippen LogP contribution in [0.2, 0.25) is 0 Å². The Morgan fingerprint density at radius 3 is 2.71 bits per heavy atom. The highest BCUT2D eigenvalue weighted by Gasteiger charge is 2.11. The molecule has 0 N–H and O–H groups in total. The van der Waals surface area contributed by atoms with Gasteiger partial charge in [0.15, 0.2) is 0 Å². The number of rotatable bonds is 4. The zero-order valence-corrected chi connectivity index (χ0v) is 12.3. The van der Waals surface area contributed by atoms with Crippen molar-refractivity contribution in [1.82, 2.24) is 0 Å². The summed E-state index contributed by atoms with van der Waals surface area (Å²) in [6.45, 7) is 6.59. The zero-order chi connectivity index (χ0) is 12.4. The maximum absolute atomic E-state index is 5.83. The highest BCUT2D eigenvalue weighted by atomic mass is 79.9. The summed E-state index contributed by atoms with van der Waals surface area (Å²) in [7, 11) is 0. The van der Waals surface area contributed by atoms with Crippen LogP contribution >= 0.6 is 15.9 Å². The standard InChI is InChI=1S/C15H19BrO/c1-10(2)14(16)6-5-13-9-12-8-11(3)4-7-15(12)17-13/h4,7-10,14H,5-6H2,1-3H3. The summed E-state index contributed by atoms with van der Waals surface area (Å²) in [6, 6.07) is 8.50. The second kappa shape index (κ2) is 5.26.